The first kappa shape index (κ1) is 10.7. The second-order valence-electron chi connectivity index (χ2n) is 4.52. The minimum atomic E-state index is 0.724. The van der Waals surface area contributed by atoms with Gasteiger partial charge in [0.15, 0.2) is 0 Å². The van der Waals surface area contributed by atoms with Crippen LogP contribution in [0.15, 0.2) is 12.3 Å². The molecule has 0 aliphatic heterocycles. The molecule has 1 N–H and O–H groups in total. The van der Waals surface area contributed by atoms with Crippen molar-refractivity contribution in [3.63, 3.8) is 0 Å². The molecule has 0 atom stereocenters. The Labute approximate surface area is 91.9 Å². The van der Waals surface area contributed by atoms with Crippen LogP contribution < -0.4 is 5.32 Å². The lowest BCUT2D eigenvalue weighted by Crippen LogP contribution is -2.28. The van der Waals surface area contributed by atoms with Gasteiger partial charge in [-0.2, -0.15) is 5.10 Å². The van der Waals surface area contributed by atoms with Crippen LogP contribution in [0.2, 0.25) is 0 Å². The first-order valence-corrected chi connectivity index (χ1v) is 6.06. The zero-order chi connectivity index (χ0) is 10.5. The lowest BCUT2D eigenvalue weighted by atomic mass is 10.1. The van der Waals surface area contributed by atoms with Gasteiger partial charge in [-0.15, -0.1) is 0 Å². The third-order valence-corrected chi connectivity index (χ3v) is 3.35. The van der Waals surface area contributed by atoms with Crippen LogP contribution in [0.5, 0.6) is 0 Å². The molecule has 0 saturated heterocycles. The summed E-state index contributed by atoms with van der Waals surface area (Å²) < 4.78 is 1.95. The summed E-state index contributed by atoms with van der Waals surface area (Å²) in [5.41, 5.74) is 1.28. The second-order valence-corrected chi connectivity index (χ2v) is 4.52. The predicted octanol–water partition coefficient (Wildman–Crippen LogP) is 2.23. The van der Waals surface area contributed by atoms with E-state index in [1.807, 2.05) is 17.9 Å². The van der Waals surface area contributed by atoms with Crippen molar-refractivity contribution in [2.24, 2.45) is 7.05 Å². The number of nitrogens with zero attached hydrogens (tertiary/aromatic N) is 2. The van der Waals surface area contributed by atoms with Crippen molar-refractivity contribution >= 4 is 0 Å². The highest BCUT2D eigenvalue weighted by Gasteiger charge is 2.11. The first-order valence-electron chi connectivity index (χ1n) is 6.06. The molecule has 1 heterocycles. The topological polar surface area (TPSA) is 29.9 Å². The zero-order valence-corrected chi connectivity index (χ0v) is 9.58. The number of hydrogen-bond acceptors (Lipinski definition) is 2. The first-order chi connectivity index (χ1) is 7.36. The zero-order valence-electron chi connectivity index (χ0n) is 9.58. The third kappa shape index (κ3) is 3.06. The third-order valence-electron chi connectivity index (χ3n) is 3.35. The molecule has 2 rings (SSSR count). The quantitative estimate of drug-likeness (QED) is 0.770. The van der Waals surface area contributed by atoms with E-state index in [1.165, 1.54) is 44.2 Å². The molecule has 84 valence electrons. The summed E-state index contributed by atoms with van der Waals surface area (Å²) in [4.78, 5) is 0. The van der Waals surface area contributed by atoms with Gasteiger partial charge in [0.05, 0.1) is 5.69 Å². The van der Waals surface area contributed by atoms with Crippen LogP contribution in [-0.4, -0.2) is 15.8 Å². The molecule has 1 aromatic rings. The van der Waals surface area contributed by atoms with Gasteiger partial charge < -0.3 is 5.32 Å². The summed E-state index contributed by atoms with van der Waals surface area (Å²) in [5, 5.41) is 7.82. The maximum absolute atomic E-state index is 4.18. The van der Waals surface area contributed by atoms with Crippen LogP contribution in [0.3, 0.4) is 0 Å². The van der Waals surface area contributed by atoms with Gasteiger partial charge in [-0.1, -0.05) is 25.7 Å². The van der Waals surface area contributed by atoms with Gasteiger partial charge in [-0.25, -0.2) is 0 Å². The normalized spacial score (nSPS) is 19.0. The summed E-state index contributed by atoms with van der Waals surface area (Å²) in [7, 11) is 2.00. The van der Waals surface area contributed by atoms with E-state index in [0.717, 1.165) is 12.6 Å². The van der Waals surface area contributed by atoms with Gasteiger partial charge in [0.1, 0.15) is 0 Å². The van der Waals surface area contributed by atoms with Gasteiger partial charge in [0.25, 0.3) is 0 Å². The Morgan fingerprint density at radius 1 is 1.33 bits per heavy atom. The lowest BCUT2D eigenvalue weighted by molar-refractivity contribution is 0.450. The van der Waals surface area contributed by atoms with Crippen LogP contribution >= 0.6 is 0 Å². The monoisotopic (exact) mass is 207 g/mol. The highest BCUT2D eigenvalue weighted by Crippen LogP contribution is 2.17. The Balaban J connectivity index is 1.79. The van der Waals surface area contributed by atoms with Gasteiger partial charge in [-0.3, -0.25) is 4.68 Å². The minimum Gasteiger partial charge on any atom is -0.308 e. The largest absolute Gasteiger partial charge is 0.308 e. The predicted molar refractivity (Wildman–Crippen MR) is 61.5 cm³/mol. The van der Waals surface area contributed by atoms with Crippen LogP contribution in [0.25, 0.3) is 0 Å². The molecular formula is C12H21N3. The number of hydrogen-bond donors (Lipinski definition) is 1. The fraction of sp³-hybridized carbons (Fsp3) is 0.750. The summed E-state index contributed by atoms with van der Waals surface area (Å²) in [5.74, 6) is 0. The van der Waals surface area contributed by atoms with Crippen molar-refractivity contribution in [2.45, 2.75) is 51.1 Å². The molecule has 1 saturated carbocycles. The molecule has 1 aromatic heterocycles. The summed E-state index contributed by atoms with van der Waals surface area (Å²) in [6, 6.07) is 2.81. The molecular weight excluding hydrogens is 186 g/mol. The van der Waals surface area contributed by atoms with Crippen molar-refractivity contribution in [2.75, 3.05) is 0 Å². The van der Waals surface area contributed by atoms with Crippen molar-refractivity contribution in [1.29, 1.82) is 0 Å². The van der Waals surface area contributed by atoms with Crippen LogP contribution in [-0.2, 0) is 13.6 Å². The average Bonchev–Trinajstić information content (AvgIpc) is 2.53. The fourth-order valence-corrected chi connectivity index (χ4v) is 2.31. The highest BCUT2D eigenvalue weighted by molar-refractivity contribution is 4.99. The number of aromatic nitrogens is 2. The van der Waals surface area contributed by atoms with E-state index in [2.05, 4.69) is 16.5 Å². The maximum atomic E-state index is 4.18. The Morgan fingerprint density at radius 3 is 2.67 bits per heavy atom. The van der Waals surface area contributed by atoms with E-state index in [0.29, 0.717) is 0 Å². The fourth-order valence-electron chi connectivity index (χ4n) is 2.31. The molecule has 0 amide bonds. The number of nitrogens with one attached hydrogen (secondary N) is 1. The second kappa shape index (κ2) is 5.31. The molecule has 3 heteroatoms. The number of aryl methyl sites for hydroxylation is 1. The van der Waals surface area contributed by atoms with E-state index in [9.17, 15) is 0 Å². The summed E-state index contributed by atoms with van der Waals surface area (Å²) in [6.07, 6.45) is 10.2. The van der Waals surface area contributed by atoms with Crippen molar-refractivity contribution in [1.82, 2.24) is 15.1 Å². The Hall–Kier alpha value is -0.830. The van der Waals surface area contributed by atoms with Crippen LogP contribution in [0.1, 0.15) is 44.2 Å². The van der Waals surface area contributed by atoms with E-state index < -0.39 is 0 Å². The Morgan fingerprint density at radius 2 is 2.07 bits per heavy atom. The summed E-state index contributed by atoms with van der Waals surface area (Å²) >= 11 is 0. The molecule has 15 heavy (non-hydrogen) atoms. The van der Waals surface area contributed by atoms with Gasteiger partial charge in [0.2, 0.25) is 0 Å². The smallest absolute Gasteiger partial charge is 0.0518 e. The van der Waals surface area contributed by atoms with E-state index in [1.54, 1.807) is 0 Å². The van der Waals surface area contributed by atoms with Crippen molar-refractivity contribution in [3.8, 4) is 0 Å². The molecule has 0 spiro atoms. The van der Waals surface area contributed by atoms with E-state index in [-0.39, 0.29) is 0 Å². The molecule has 0 unspecified atom stereocenters. The minimum absolute atomic E-state index is 0.724. The molecule has 0 bridgehead atoms. The highest BCUT2D eigenvalue weighted by atomic mass is 15.3. The summed E-state index contributed by atoms with van der Waals surface area (Å²) in [6.45, 7) is 0.959. The molecule has 1 aliphatic carbocycles. The molecule has 0 aromatic carbocycles. The molecule has 0 radical (unpaired) electrons. The van der Waals surface area contributed by atoms with E-state index >= 15 is 0 Å². The van der Waals surface area contributed by atoms with Crippen molar-refractivity contribution < 1.29 is 0 Å². The molecule has 3 nitrogen and oxygen atoms in total. The van der Waals surface area contributed by atoms with Crippen molar-refractivity contribution in [3.05, 3.63) is 18.0 Å². The maximum Gasteiger partial charge on any atom is 0.0518 e. The molecule has 1 aliphatic rings. The van der Waals surface area contributed by atoms with Crippen LogP contribution in [0.4, 0.5) is 0 Å². The van der Waals surface area contributed by atoms with Gasteiger partial charge >= 0.3 is 0 Å². The molecule has 1 fully saturated rings. The Bertz CT molecular complexity index is 285. The average molecular weight is 207 g/mol. The number of rotatable bonds is 3. The van der Waals surface area contributed by atoms with Crippen LogP contribution in [0, 0.1) is 0 Å². The lowest BCUT2D eigenvalue weighted by Gasteiger charge is -2.15. The Kier molecular flexibility index (Phi) is 3.78. The SMILES string of the molecule is Cn1nccc1CNC1CCCCCC1. The van der Waals surface area contributed by atoms with Gasteiger partial charge in [-0.05, 0) is 18.9 Å². The standard InChI is InChI=1S/C12H21N3/c1-15-12(8-9-14-15)10-13-11-6-4-2-3-5-7-11/h8-9,11,13H,2-7,10H2,1H3. The van der Waals surface area contributed by atoms with Gasteiger partial charge in [0, 0.05) is 25.8 Å². The van der Waals surface area contributed by atoms with E-state index in [4.69, 9.17) is 0 Å².